The molecule has 2 heterocycles. The van der Waals surface area contributed by atoms with Crippen molar-refractivity contribution < 1.29 is 9.47 Å². The second kappa shape index (κ2) is 6.36. The molecule has 2 aromatic rings. The van der Waals surface area contributed by atoms with E-state index in [0.29, 0.717) is 13.5 Å². The number of ether oxygens (including phenoxy) is 2. The first kappa shape index (κ1) is 16.4. The Hall–Kier alpha value is -2.04. The fraction of sp³-hybridized carbons (Fsp3) is 0.429. The van der Waals surface area contributed by atoms with Crippen LogP contribution in [0.25, 0.3) is 0 Å². The van der Waals surface area contributed by atoms with Crippen LogP contribution in [0.5, 0.6) is 11.5 Å². The first-order valence-electron chi connectivity index (χ1n) is 8.87. The summed E-state index contributed by atoms with van der Waals surface area (Å²) in [5, 5.41) is 0. The van der Waals surface area contributed by atoms with Crippen LogP contribution in [0.1, 0.15) is 33.4 Å². The van der Waals surface area contributed by atoms with Crippen molar-refractivity contribution in [1.82, 2.24) is 9.80 Å². The zero-order valence-electron chi connectivity index (χ0n) is 15.6. The molecule has 0 saturated carbocycles. The molecule has 0 aromatic heterocycles. The van der Waals surface area contributed by atoms with Crippen molar-refractivity contribution in [1.29, 1.82) is 0 Å². The smallest absolute Gasteiger partial charge is 0.142 e. The minimum Gasteiger partial charge on any atom is -0.478 e. The summed E-state index contributed by atoms with van der Waals surface area (Å²) in [6, 6.07) is 9.00. The zero-order valence-corrected chi connectivity index (χ0v) is 15.6. The van der Waals surface area contributed by atoms with Crippen molar-refractivity contribution in [3.8, 4) is 11.5 Å². The van der Waals surface area contributed by atoms with Gasteiger partial charge in [-0.25, -0.2) is 0 Å². The molecule has 0 fully saturated rings. The van der Waals surface area contributed by atoms with E-state index < -0.39 is 0 Å². The van der Waals surface area contributed by atoms with Gasteiger partial charge in [-0.2, -0.15) is 0 Å². The topological polar surface area (TPSA) is 24.9 Å². The van der Waals surface area contributed by atoms with Crippen molar-refractivity contribution >= 4 is 0 Å². The van der Waals surface area contributed by atoms with Gasteiger partial charge in [0.1, 0.15) is 25.0 Å². The summed E-state index contributed by atoms with van der Waals surface area (Å²) < 4.78 is 12.1. The van der Waals surface area contributed by atoms with E-state index >= 15 is 0 Å². The molecular weight excluding hydrogens is 312 g/mol. The van der Waals surface area contributed by atoms with E-state index in [1.54, 1.807) is 0 Å². The lowest BCUT2D eigenvalue weighted by Crippen LogP contribution is -2.29. The molecule has 2 aromatic carbocycles. The Morgan fingerprint density at radius 2 is 1.20 bits per heavy atom. The van der Waals surface area contributed by atoms with Gasteiger partial charge in [0.25, 0.3) is 0 Å². The van der Waals surface area contributed by atoms with E-state index in [9.17, 15) is 0 Å². The van der Waals surface area contributed by atoms with E-state index in [2.05, 4.69) is 62.0 Å². The van der Waals surface area contributed by atoms with Crippen LogP contribution in [0.15, 0.2) is 24.3 Å². The lowest BCUT2D eigenvalue weighted by molar-refractivity contribution is 0.119. The Balaban J connectivity index is 1.74. The van der Waals surface area contributed by atoms with Gasteiger partial charge in [0, 0.05) is 30.6 Å². The number of hydrogen-bond acceptors (Lipinski definition) is 4. The molecule has 2 aliphatic heterocycles. The highest BCUT2D eigenvalue weighted by Gasteiger charge is 2.22. The summed E-state index contributed by atoms with van der Waals surface area (Å²) in [7, 11) is 4.18. The molecule has 2 aliphatic rings. The monoisotopic (exact) mass is 338 g/mol. The van der Waals surface area contributed by atoms with Crippen LogP contribution in [0.3, 0.4) is 0 Å². The number of rotatable bonds is 2. The molecule has 0 N–H and O–H groups in total. The van der Waals surface area contributed by atoms with Crippen LogP contribution < -0.4 is 9.47 Å². The highest BCUT2D eigenvalue weighted by Crippen LogP contribution is 2.36. The predicted octanol–water partition coefficient (Wildman–Crippen LogP) is 3.46. The minimum absolute atomic E-state index is 0.649. The normalized spacial score (nSPS) is 17.4. The molecule has 0 spiro atoms. The third-order valence-corrected chi connectivity index (χ3v) is 4.89. The molecule has 0 saturated heterocycles. The molecule has 4 nitrogen and oxygen atoms in total. The average molecular weight is 338 g/mol. The number of hydrogen-bond donors (Lipinski definition) is 0. The summed E-state index contributed by atoms with van der Waals surface area (Å²) >= 11 is 0. The molecule has 25 heavy (non-hydrogen) atoms. The molecule has 0 atom stereocenters. The first-order chi connectivity index (χ1) is 12.0. The van der Waals surface area contributed by atoms with Crippen molar-refractivity contribution in [2.75, 3.05) is 27.6 Å². The predicted molar refractivity (Wildman–Crippen MR) is 99.1 cm³/mol. The van der Waals surface area contributed by atoms with E-state index in [1.807, 2.05) is 0 Å². The third-order valence-electron chi connectivity index (χ3n) is 4.89. The Morgan fingerprint density at radius 3 is 1.64 bits per heavy atom. The molecule has 0 bridgehead atoms. The molecule has 0 radical (unpaired) electrons. The number of aryl methyl sites for hydroxylation is 2. The van der Waals surface area contributed by atoms with E-state index in [1.165, 1.54) is 33.4 Å². The summed E-state index contributed by atoms with van der Waals surface area (Å²) in [4.78, 5) is 4.39. The van der Waals surface area contributed by atoms with Gasteiger partial charge in [-0.05, 0) is 39.1 Å². The molecule has 4 heteroatoms. The number of fused-ring (bicyclic) bond motifs is 2. The average Bonchev–Trinajstić information content (AvgIpc) is 2.53. The van der Waals surface area contributed by atoms with Gasteiger partial charge < -0.3 is 9.47 Å². The third kappa shape index (κ3) is 3.24. The minimum atomic E-state index is 0.649. The maximum Gasteiger partial charge on any atom is 0.142 e. The summed E-state index contributed by atoms with van der Waals surface area (Å²) in [6.45, 7) is 7.51. The SMILES string of the molecule is Cc1cc(Cc2cc(C)cc3c2OCN(C)C3)c2c(c1)CN(C)CO2. The van der Waals surface area contributed by atoms with Crippen LogP contribution in [0.4, 0.5) is 0 Å². The molecule has 132 valence electrons. The van der Waals surface area contributed by atoms with E-state index in [-0.39, 0.29) is 0 Å². The van der Waals surface area contributed by atoms with Crippen molar-refractivity contribution in [3.05, 3.63) is 57.6 Å². The van der Waals surface area contributed by atoms with Gasteiger partial charge in [-0.1, -0.05) is 35.4 Å². The highest BCUT2D eigenvalue weighted by molar-refractivity contribution is 5.52. The zero-order chi connectivity index (χ0) is 17.6. The second-order valence-electron chi connectivity index (χ2n) is 7.58. The van der Waals surface area contributed by atoms with Gasteiger partial charge >= 0.3 is 0 Å². The van der Waals surface area contributed by atoms with Crippen LogP contribution in [0.2, 0.25) is 0 Å². The quantitative estimate of drug-likeness (QED) is 0.837. The number of benzene rings is 2. The van der Waals surface area contributed by atoms with Crippen LogP contribution in [-0.4, -0.2) is 37.4 Å². The first-order valence-corrected chi connectivity index (χ1v) is 8.87. The molecule has 0 amide bonds. The molecule has 0 aliphatic carbocycles. The van der Waals surface area contributed by atoms with E-state index in [4.69, 9.17) is 9.47 Å². The standard InChI is InChI=1S/C21H26N2O2/c1-14-5-16(20-18(7-14)10-22(3)12-24-20)9-17-6-15(2)8-19-11-23(4)13-25-21(17)19/h5-8H,9-13H2,1-4H3. The lowest BCUT2D eigenvalue weighted by atomic mass is 9.94. The molecule has 4 rings (SSSR count). The summed E-state index contributed by atoms with van der Waals surface area (Å²) in [6.07, 6.45) is 0.849. The Kier molecular flexibility index (Phi) is 4.18. The Labute approximate surface area is 150 Å². The number of nitrogens with zero attached hydrogens (tertiary/aromatic N) is 2. The fourth-order valence-electron chi connectivity index (χ4n) is 3.95. The van der Waals surface area contributed by atoms with Crippen molar-refractivity contribution in [3.63, 3.8) is 0 Å². The van der Waals surface area contributed by atoms with Crippen molar-refractivity contribution in [2.24, 2.45) is 0 Å². The maximum atomic E-state index is 6.06. The van der Waals surface area contributed by atoms with Crippen LogP contribution in [0, 0.1) is 13.8 Å². The largest absolute Gasteiger partial charge is 0.478 e. The molecular formula is C21H26N2O2. The lowest BCUT2D eigenvalue weighted by Gasteiger charge is -2.30. The van der Waals surface area contributed by atoms with Gasteiger partial charge in [0.05, 0.1) is 0 Å². The second-order valence-corrected chi connectivity index (χ2v) is 7.58. The van der Waals surface area contributed by atoms with Gasteiger partial charge in [-0.15, -0.1) is 0 Å². The Bertz CT molecular complexity index is 749. The van der Waals surface area contributed by atoms with Crippen molar-refractivity contribution in [2.45, 2.75) is 33.4 Å². The van der Waals surface area contributed by atoms with Gasteiger partial charge in [0.15, 0.2) is 0 Å². The Morgan fingerprint density at radius 1 is 0.760 bits per heavy atom. The summed E-state index contributed by atoms with van der Waals surface area (Å²) in [5.41, 5.74) is 7.67. The van der Waals surface area contributed by atoms with Crippen LogP contribution >= 0.6 is 0 Å². The maximum absolute atomic E-state index is 6.06. The summed E-state index contributed by atoms with van der Waals surface area (Å²) in [5.74, 6) is 2.12. The van der Waals surface area contributed by atoms with Crippen LogP contribution in [-0.2, 0) is 19.5 Å². The van der Waals surface area contributed by atoms with E-state index in [0.717, 1.165) is 31.0 Å². The highest BCUT2D eigenvalue weighted by atomic mass is 16.5. The van der Waals surface area contributed by atoms with Gasteiger partial charge in [0.2, 0.25) is 0 Å². The van der Waals surface area contributed by atoms with Gasteiger partial charge in [-0.3, -0.25) is 9.80 Å². The molecule has 0 unspecified atom stereocenters. The fourth-order valence-corrected chi connectivity index (χ4v) is 3.95.